The monoisotopic (exact) mass is 221 g/mol. The average Bonchev–Trinajstić information content (AvgIpc) is 2.21. The zero-order chi connectivity index (χ0) is 10.8. The lowest BCUT2D eigenvalue weighted by atomic mass is 10.2. The van der Waals surface area contributed by atoms with E-state index in [0.29, 0.717) is 13.2 Å². The molecule has 0 aromatic carbocycles. The lowest BCUT2D eigenvalue weighted by Crippen LogP contribution is -2.27. The minimum atomic E-state index is -0.232. The van der Waals surface area contributed by atoms with E-state index in [1.807, 2.05) is 6.92 Å². The van der Waals surface area contributed by atoms with E-state index in [-0.39, 0.29) is 6.09 Å². The fourth-order valence-corrected chi connectivity index (χ4v) is 1.14. The van der Waals surface area contributed by atoms with Crippen LogP contribution in [0.4, 0.5) is 4.79 Å². The highest BCUT2D eigenvalue weighted by Crippen LogP contribution is 2.01. The summed E-state index contributed by atoms with van der Waals surface area (Å²) in [6.07, 6.45) is 3.94. The van der Waals surface area contributed by atoms with Gasteiger partial charge in [-0.15, -0.1) is 11.6 Å². The van der Waals surface area contributed by atoms with Crippen LogP contribution >= 0.6 is 11.6 Å². The van der Waals surface area contributed by atoms with E-state index in [1.165, 1.54) is 0 Å². The highest BCUT2D eigenvalue weighted by molar-refractivity contribution is 6.17. The maximum Gasteiger partial charge on any atom is 0.409 e. The SMILES string of the molecule is CCN(C)C(=O)OCCCCCCCl. The fraction of sp³-hybridized carbons (Fsp3) is 0.900. The summed E-state index contributed by atoms with van der Waals surface area (Å²) in [5, 5.41) is 0. The van der Waals surface area contributed by atoms with Gasteiger partial charge in [-0.1, -0.05) is 12.8 Å². The molecule has 14 heavy (non-hydrogen) atoms. The molecule has 3 nitrogen and oxygen atoms in total. The molecule has 84 valence electrons. The van der Waals surface area contributed by atoms with Gasteiger partial charge < -0.3 is 9.64 Å². The van der Waals surface area contributed by atoms with E-state index in [2.05, 4.69) is 0 Å². The number of hydrogen-bond acceptors (Lipinski definition) is 2. The number of carbonyl (C=O) groups is 1. The number of hydrogen-bond donors (Lipinski definition) is 0. The van der Waals surface area contributed by atoms with Gasteiger partial charge in [-0.3, -0.25) is 0 Å². The number of nitrogens with zero attached hydrogens (tertiary/aromatic N) is 1. The number of ether oxygens (including phenoxy) is 1. The zero-order valence-electron chi connectivity index (χ0n) is 9.09. The van der Waals surface area contributed by atoms with E-state index in [0.717, 1.165) is 31.6 Å². The summed E-state index contributed by atoms with van der Waals surface area (Å²) in [6.45, 7) is 3.12. The van der Waals surface area contributed by atoms with Gasteiger partial charge >= 0.3 is 6.09 Å². The Morgan fingerprint density at radius 2 is 1.93 bits per heavy atom. The molecule has 0 aromatic heterocycles. The van der Waals surface area contributed by atoms with Crippen molar-refractivity contribution in [1.82, 2.24) is 4.90 Å². The molecule has 0 radical (unpaired) electrons. The van der Waals surface area contributed by atoms with Crippen molar-refractivity contribution in [2.75, 3.05) is 26.1 Å². The van der Waals surface area contributed by atoms with Crippen molar-refractivity contribution in [1.29, 1.82) is 0 Å². The quantitative estimate of drug-likeness (QED) is 0.489. The van der Waals surface area contributed by atoms with E-state index in [9.17, 15) is 4.79 Å². The van der Waals surface area contributed by atoms with Gasteiger partial charge in [0.05, 0.1) is 6.61 Å². The van der Waals surface area contributed by atoms with Gasteiger partial charge in [0.1, 0.15) is 0 Å². The summed E-state index contributed by atoms with van der Waals surface area (Å²) in [6, 6.07) is 0. The first kappa shape index (κ1) is 13.6. The Bertz CT molecular complexity index is 153. The molecular weight excluding hydrogens is 202 g/mol. The first-order valence-corrected chi connectivity index (χ1v) is 5.69. The molecule has 0 saturated heterocycles. The van der Waals surface area contributed by atoms with Gasteiger partial charge in [0.15, 0.2) is 0 Å². The second kappa shape index (κ2) is 9.13. The molecule has 0 heterocycles. The minimum Gasteiger partial charge on any atom is -0.449 e. The third-order valence-electron chi connectivity index (χ3n) is 2.04. The van der Waals surface area contributed by atoms with Crippen molar-refractivity contribution >= 4 is 17.7 Å². The van der Waals surface area contributed by atoms with Gasteiger partial charge in [-0.05, 0) is 19.8 Å². The molecule has 0 fully saturated rings. The van der Waals surface area contributed by atoms with Gasteiger partial charge in [0, 0.05) is 19.5 Å². The van der Waals surface area contributed by atoms with Crippen LogP contribution in [0.5, 0.6) is 0 Å². The molecule has 0 unspecified atom stereocenters. The topological polar surface area (TPSA) is 29.5 Å². The summed E-state index contributed by atoms with van der Waals surface area (Å²) in [5.74, 6) is 0.721. The lowest BCUT2D eigenvalue weighted by molar-refractivity contribution is 0.111. The predicted octanol–water partition coefficient (Wildman–Crippen LogP) is 2.87. The second-order valence-corrected chi connectivity index (χ2v) is 3.61. The Balaban J connectivity index is 3.23. The summed E-state index contributed by atoms with van der Waals surface area (Å²) in [4.78, 5) is 12.7. The Hall–Kier alpha value is -0.440. The Labute approximate surface area is 91.4 Å². The highest BCUT2D eigenvalue weighted by Gasteiger charge is 2.05. The lowest BCUT2D eigenvalue weighted by Gasteiger charge is -2.14. The van der Waals surface area contributed by atoms with Crippen LogP contribution in [-0.4, -0.2) is 37.1 Å². The van der Waals surface area contributed by atoms with Crippen molar-refractivity contribution in [3.8, 4) is 0 Å². The van der Waals surface area contributed by atoms with E-state index >= 15 is 0 Å². The number of amides is 1. The number of unbranched alkanes of at least 4 members (excludes halogenated alkanes) is 3. The molecule has 1 amide bonds. The largest absolute Gasteiger partial charge is 0.449 e. The minimum absolute atomic E-state index is 0.232. The third kappa shape index (κ3) is 7.01. The number of alkyl halides is 1. The fourth-order valence-electron chi connectivity index (χ4n) is 0.949. The number of carbonyl (C=O) groups excluding carboxylic acids is 1. The van der Waals surface area contributed by atoms with Crippen molar-refractivity contribution in [2.24, 2.45) is 0 Å². The molecule has 0 aliphatic heterocycles. The van der Waals surface area contributed by atoms with Crippen LogP contribution in [0, 0.1) is 0 Å². The standard InChI is InChI=1S/C10H20ClNO2/c1-3-12(2)10(13)14-9-7-5-4-6-8-11/h3-9H2,1-2H3. The van der Waals surface area contributed by atoms with E-state index < -0.39 is 0 Å². The van der Waals surface area contributed by atoms with Crippen LogP contribution in [-0.2, 0) is 4.74 Å². The van der Waals surface area contributed by atoms with E-state index in [4.69, 9.17) is 16.3 Å². The van der Waals surface area contributed by atoms with Crippen molar-refractivity contribution in [3.63, 3.8) is 0 Å². The Morgan fingerprint density at radius 3 is 2.50 bits per heavy atom. The molecule has 0 rings (SSSR count). The van der Waals surface area contributed by atoms with Crippen LogP contribution in [0.3, 0.4) is 0 Å². The normalized spacial score (nSPS) is 9.93. The molecule has 0 atom stereocenters. The maximum atomic E-state index is 11.1. The average molecular weight is 222 g/mol. The maximum absolute atomic E-state index is 11.1. The van der Waals surface area contributed by atoms with E-state index in [1.54, 1.807) is 11.9 Å². The molecule has 0 bridgehead atoms. The Morgan fingerprint density at radius 1 is 1.29 bits per heavy atom. The van der Waals surface area contributed by atoms with Gasteiger partial charge in [-0.2, -0.15) is 0 Å². The summed E-state index contributed by atoms with van der Waals surface area (Å²) in [5.41, 5.74) is 0. The number of rotatable bonds is 7. The van der Waals surface area contributed by atoms with Gasteiger partial charge in [0.25, 0.3) is 0 Å². The third-order valence-corrected chi connectivity index (χ3v) is 2.31. The van der Waals surface area contributed by atoms with Crippen LogP contribution in [0.15, 0.2) is 0 Å². The second-order valence-electron chi connectivity index (χ2n) is 3.23. The predicted molar refractivity (Wildman–Crippen MR) is 58.8 cm³/mol. The van der Waals surface area contributed by atoms with Crippen molar-refractivity contribution < 1.29 is 9.53 Å². The molecule has 0 aliphatic carbocycles. The highest BCUT2D eigenvalue weighted by atomic mass is 35.5. The summed E-state index contributed by atoms with van der Waals surface area (Å²) in [7, 11) is 1.73. The molecular formula is C10H20ClNO2. The molecule has 4 heteroatoms. The molecule has 0 aromatic rings. The molecule has 0 N–H and O–H groups in total. The summed E-state index contributed by atoms with van der Waals surface area (Å²) < 4.78 is 5.03. The zero-order valence-corrected chi connectivity index (χ0v) is 9.85. The first-order chi connectivity index (χ1) is 6.72. The smallest absolute Gasteiger partial charge is 0.409 e. The van der Waals surface area contributed by atoms with Crippen molar-refractivity contribution in [3.05, 3.63) is 0 Å². The van der Waals surface area contributed by atoms with Crippen LogP contribution in [0.1, 0.15) is 32.6 Å². The molecule has 0 saturated carbocycles. The number of halogens is 1. The molecule has 0 spiro atoms. The summed E-state index contributed by atoms with van der Waals surface area (Å²) >= 11 is 5.53. The van der Waals surface area contributed by atoms with Crippen LogP contribution in [0.25, 0.3) is 0 Å². The van der Waals surface area contributed by atoms with Gasteiger partial charge in [0.2, 0.25) is 0 Å². The van der Waals surface area contributed by atoms with Crippen LogP contribution < -0.4 is 0 Å². The molecule has 0 aliphatic rings. The van der Waals surface area contributed by atoms with Crippen LogP contribution in [0.2, 0.25) is 0 Å². The van der Waals surface area contributed by atoms with Crippen molar-refractivity contribution in [2.45, 2.75) is 32.6 Å². The van der Waals surface area contributed by atoms with Gasteiger partial charge in [-0.25, -0.2) is 4.79 Å². The Kier molecular flexibility index (Phi) is 8.84. The first-order valence-electron chi connectivity index (χ1n) is 5.16.